The van der Waals surface area contributed by atoms with Crippen molar-refractivity contribution >= 4 is 5.69 Å². The lowest BCUT2D eigenvalue weighted by molar-refractivity contribution is 0.482. The van der Waals surface area contributed by atoms with E-state index in [-0.39, 0.29) is 0 Å². The van der Waals surface area contributed by atoms with Crippen molar-refractivity contribution in [3.63, 3.8) is 0 Å². The van der Waals surface area contributed by atoms with Gasteiger partial charge in [-0.15, -0.1) is 0 Å². The zero-order valence-electron chi connectivity index (χ0n) is 26.2. The predicted molar refractivity (Wildman–Crippen MR) is 186 cm³/mol. The first-order valence-corrected chi connectivity index (χ1v) is 15.2. The maximum absolute atomic E-state index is 5.96. The lowest BCUT2D eigenvalue weighted by Crippen LogP contribution is -2.19. The molecule has 1 aliphatic carbocycles. The normalized spacial score (nSPS) is 15.1. The summed E-state index contributed by atoms with van der Waals surface area (Å²) in [6.07, 6.45) is 14.9. The van der Waals surface area contributed by atoms with Crippen LogP contribution in [0.2, 0.25) is 0 Å². The smallest absolute Gasteiger partial charge is 0.127 e. The number of benzene rings is 4. The Morgan fingerprint density at radius 3 is 1.74 bits per heavy atom. The van der Waals surface area contributed by atoms with Gasteiger partial charge in [-0.3, -0.25) is 0 Å². The maximum Gasteiger partial charge on any atom is 0.127 e. The number of ether oxygens (including phenoxy) is 1. The zero-order valence-corrected chi connectivity index (χ0v) is 26.2. The van der Waals surface area contributed by atoms with E-state index in [9.17, 15) is 0 Å². The monoisotopic (exact) mass is 565 g/mol. The largest absolute Gasteiger partial charge is 0.457 e. The van der Waals surface area contributed by atoms with Gasteiger partial charge in [0.2, 0.25) is 0 Å². The molecule has 0 bridgehead atoms. The van der Waals surface area contributed by atoms with Crippen molar-refractivity contribution in [2.75, 3.05) is 4.90 Å². The van der Waals surface area contributed by atoms with E-state index in [4.69, 9.17) is 4.74 Å². The van der Waals surface area contributed by atoms with Crippen LogP contribution in [0, 0.1) is 20.8 Å². The van der Waals surface area contributed by atoms with E-state index in [0.29, 0.717) is 0 Å². The van der Waals surface area contributed by atoms with Crippen LogP contribution < -0.4 is 9.64 Å². The van der Waals surface area contributed by atoms with Gasteiger partial charge in [0.05, 0.1) is 0 Å². The molecule has 1 heterocycles. The van der Waals surface area contributed by atoms with Crippen LogP contribution >= 0.6 is 0 Å². The number of fused-ring (bicyclic) bond motifs is 1. The molecule has 218 valence electrons. The SMILES string of the molecule is C=C1/C=C\C=C/N(c2ccc(Oc3ccc(C)cc3)cc2)C2=CCCC=C12.CC.Cc1ccccc1-c1ccccc1C. The molecule has 1 aliphatic heterocycles. The number of rotatable bonds is 4. The third kappa shape index (κ3) is 8.14. The Labute approximate surface area is 258 Å². The number of hydrogen-bond acceptors (Lipinski definition) is 2. The predicted octanol–water partition coefficient (Wildman–Crippen LogP) is 11.8. The van der Waals surface area contributed by atoms with Gasteiger partial charge in [-0.25, -0.2) is 0 Å². The topological polar surface area (TPSA) is 12.5 Å². The quantitative estimate of drug-likeness (QED) is 0.244. The molecule has 43 heavy (non-hydrogen) atoms. The molecular formula is C41H43NO. The second-order valence-electron chi connectivity index (χ2n) is 10.4. The molecule has 6 rings (SSSR count). The fraction of sp³-hybridized carbons (Fsp3) is 0.171. The highest BCUT2D eigenvalue weighted by Crippen LogP contribution is 2.34. The van der Waals surface area contributed by atoms with Crippen LogP contribution in [0.3, 0.4) is 0 Å². The Balaban J connectivity index is 0.000000222. The van der Waals surface area contributed by atoms with Crippen LogP contribution in [-0.2, 0) is 0 Å². The van der Waals surface area contributed by atoms with Crippen LogP contribution in [0.1, 0.15) is 43.4 Å². The van der Waals surface area contributed by atoms with Gasteiger partial charge in [0.15, 0.2) is 0 Å². The Kier molecular flexibility index (Phi) is 11.2. The minimum absolute atomic E-state index is 0.830. The molecule has 0 saturated carbocycles. The molecule has 0 atom stereocenters. The molecule has 2 aliphatic rings. The minimum atomic E-state index is 0.830. The summed E-state index contributed by atoms with van der Waals surface area (Å²) in [6, 6.07) is 33.3. The summed E-state index contributed by atoms with van der Waals surface area (Å²) in [4.78, 5) is 2.22. The Morgan fingerprint density at radius 2 is 1.16 bits per heavy atom. The molecule has 4 aromatic rings. The van der Waals surface area contributed by atoms with Gasteiger partial charge in [-0.05, 0) is 104 Å². The molecule has 0 radical (unpaired) electrons. The standard InChI is InChI=1S/C25H23NO.C14H14.C2H6/c1-19-10-14-22(15-11-19)27-23-16-12-21(13-17-23)26-18-6-5-7-20(2)24-8-3-4-9-25(24)26;1-11-7-3-5-9-13(11)14-10-6-4-8-12(14)2;1-2/h5-18H,2-4H2,1H3;3-10H,1-2H3;1-2H3/b7-5-,18-6-;;. The lowest BCUT2D eigenvalue weighted by atomic mass is 9.95. The van der Waals surface area contributed by atoms with E-state index in [0.717, 1.165) is 35.6 Å². The Bertz CT molecular complexity index is 1590. The first-order chi connectivity index (χ1) is 21.0. The third-order valence-electron chi connectivity index (χ3n) is 7.33. The molecule has 4 aromatic carbocycles. The summed E-state index contributed by atoms with van der Waals surface area (Å²) in [6.45, 7) is 14.6. The molecule has 0 fully saturated rings. The molecule has 0 spiro atoms. The molecule has 2 heteroatoms. The number of hydrogen-bond donors (Lipinski definition) is 0. The zero-order chi connectivity index (χ0) is 30.6. The van der Waals surface area contributed by atoms with E-state index < -0.39 is 0 Å². The van der Waals surface area contributed by atoms with E-state index >= 15 is 0 Å². The summed E-state index contributed by atoms with van der Waals surface area (Å²) in [7, 11) is 0. The van der Waals surface area contributed by atoms with Crippen molar-refractivity contribution in [3.8, 4) is 22.6 Å². The van der Waals surface area contributed by atoms with Gasteiger partial charge in [0.1, 0.15) is 11.5 Å². The van der Waals surface area contributed by atoms with E-state index in [1.165, 1.54) is 39.1 Å². The first kappa shape index (κ1) is 31.1. The molecular weight excluding hydrogens is 522 g/mol. The van der Waals surface area contributed by atoms with E-state index in [2.05, 4.69) is 129 Å². The van der Waals surface area contributed by atoms with Crippen molar-refractivity contribution in [3.05, 3.63) is 174 Å². The summed E-state index contributed by atoms with van der Waals surface area (Å²) < 4.78 is 5.96. The second-order valence-corrected chi connectivity index (χ2v) is 10.4. The molecule has 2 nitrogen and oxygen atoms in total. The van der Waals surface area contributed by atoms with Crippen molar-refractivity contribution in [2.45, 2.75) is 47.5 Å². The van der Waals surface area contributed by atoms with Crippen molar-refractivity contribution < 1.29 is 4.74 Å². The highest BCUT2D eigenvalue weighted by Gasteiger charge is 2.18. The fourth-order valence-corrected chi connectivity index (χ4v) is 5.06. The number of nitrogens with zero attached hydrogens (tertiary/aromatic N) is 1. The average molecular weight is 566 g/mol. The Morgan fingerprint density at radius 1 is 0.628 bits per heavy atom. The summed E-state index contributed by atoms with van der Waals surface area (Å²) >= 11 is 0. The van der Waals surface area contributed by atoms with Gasteiger partial charge in [0.25, 0.3) is 0 Å². The third-order valence-corrected chi connectivity index (χ3v) is 7.33. The van der Waals surface area contributed by atoms with E-state index in [1.807, 2.05) is 50.3 Å². The molecule has 0 amide bonds. The van der Waals surface area contributed by atoms with Gasteiger partial charge >= 0.3 is 0 Å². The van der Waals surface area contributed by atoms with Crippen molar-refractivity contribution in [1.29, 1.82) is 0 Å². The van der Waals surface area contributed by atoms with Crippen molar-refractivity contribution in [1.82, 2.24) is 0 Å². The van der Waals surface area contributed by atoms with Crippen LogP contribution in [0.5, 0.6) is 11.5 Å². The van der Waals surface area contributed by atoms with E-state index in [1.54, 1.807) is 0 Å². The van der Waals surface area contributed by atoms with Gasteiger partial charge in [-0.2, -0.15) is 0 Å². The summed E-state index contributed by atoms with van der Waals surface area (Å²) in [5.74, 6) is 1.68. The van der Waals surface area contributed by atoms with Gasteiger partial charge < -0.3 is 9.64 Å². The number of allylic oxidation sites excluding steroid dienone is 6. The highest BCUT2D eigenvalue weighted by atomic mass is 16.5. The number of anilines is 1. The highest BCUT2D eigenvalue weighted by molar-refractivity contribution is 5.70. The van der Waals surface area contributed by atoms with Gasteiger partial charge in [-0.1, -0.05) is 111 Å². The molecule has 0 aromatic heterocycles. The summed E-state index contributed by atoms with van der Waals surface area (Å²) in [5, 5.41) is 0. The summed E-state index contributed by atoms with van der Waals surface area (Å²) in [5.41, 5.74) is 11.1. The van der Waals surface area contributed by atoms with Crippen LogP contribution in [0.25, 0.3) is 11.1 Å². The van der Waals surface area contributed by atoms with Crippen LogP contribution in [-0.4, -0.2) is 0 Å². The van der Waals surface area contributed by atoms with Crippen LogP contribution in [0.4, 0.5) is 5.69 Å². The van der Waals surface area contributed by atoms with Crippen LogP contribution in [0.15, 0.2) is 157 Å². The Hall–Kier alpha value is -4.82. The lowest BCUT2D eigenvalue weighted by Gasteiger charge is -2.29. The number of aryl methyl sites for hydroxylation is 3. The van der Waals surface area contributed by atoms with Gasteiger partial charge in [0, 0.05) is 23.2 Å². The fourth-order valence-electron chi connectivity index (χ4n) is 5.06. The first-order valence-electron chi connectivity index (χ1n) is 15.2. The maximum atomic E-state index is 5.96. The molecule has 0 unspecified atom stereocenters. The molecule has 0 N–H and O–H groups in total. The molecule has 0 saturated heterocycles. The van der Waals surface area contributed by atoms with Crippen molar-refractivity contribution in [2.24, 2.45) is 0 Å². The minimum Gasteiger partial charge on any atom is -0.457 e. The second kappa shape index (κ2) is 15.4. The average Bonchev–Trinajstić information content (AvgIpc) is 3.04.